The Hall–Kier alpha value is -2.25. The summed E-state index contributed by atoms with van der Waals surface area (Å²) < 4.78 is 41.3. The highest BCUT2D eigenvalue weighted by Gasteiger charge is 2.36. The first-order valence-corrected chi connectivity index (χ1v) is 11.2. The number of anilines is 1. The molecule has 1 atom stereocenters. The average molecular weight is 419 g/mol. The Labute approximate surface area is 172 Å². The van der Waals surface area contributed by atoms with E-state index in [2.05, 4.69) is 0 Å². The maximum Gasteiger partial charge on any atom is 0.243 e. The van der Waals surface area contributed by atoms with E-state index in [1.54, 1.807) is 19.2 Å². The van der Waals surface area contributed by atoms with E-state index in [4.69, 9.17) is 0 Å². The van der Waals surface area contributed by atoms with Gasteiger partial charge in [0.05, 0.1) is 10.8 Å². The Kier molecular flexibility index (Phi) is 6.10. The van der Waals surface area contributed by atoms with E-state index in [0.717, 1.165) is 16.7 Å². The van der Waals surface area contributed by atoms with Crippen molar-refractivity contribution in [3.05, 3.63) is 58.9 Å². The minimum absolute atomic E-state index is 0.152. The molecule has 0 N–H and O–H groups in total. The van der Waals surface area contributed by atoms with Gasteiger partial charge in [-0.25, -0.2) is 12.8 Å². The molecule has 2 aromatic rings. The van der Waals surface area contributed by atoms with E-state index in [0.29, 0.717) is 30.0 Å². The van der Waals surface area contributed by atoms with Crippen LogP contribution in [0.2, 0.25) is 0 Å². The highest BCUT2D eigenvalue weighted by atomic mass is 32.2. The van der Waals surface area contributed by atoms with Gasteiger partial charge < -0.3 is 4.90 Å². The van der Waals surface area contributed by atoms with Crippen molar-refractivity contribution in [1.29, 1.82) is 0 Å². The van der Waals surface area contributed by atoms with Crippen LogP contribution in [-0.4, -0.2) is 38.8 Å². The predicted octanol–water partition coefficient (Wildman–Crippen LogP) is 3.81. The van der Waals surface area contributed by atoms with Gasteiger partial charge in [-0.15, -0.1) is 0 Å². The Bertz CT molecular complexity index is 996. The summed E-state index contributed by atoms with van der Waals surface area (Å²) in [6.45, 7) is 6.11. The number of amides is 1. The number of benzene rings is 2. The summed E-state index contributed by atoms with van der Waals surface area (Å²) in [5, 5.41) is 0. The Morgan fingerprint density at radius 3 is 2.28 bits per heavy atom. The minimum Gasteiger partial charge on any atom is -0.315 e. The van der Waals surface area contributed by atoms with Gasteiger partial charge in [-0.2, -0.15) is 4.31 Å². The zero-order valence-corrected chi connectivity index (χ0v) is 18.1. The van der Waals surface area contributed by atoms with E-state index in [1.807, 2.05) is 32.9 Å². The number of aryl methyl sites for hydroxylation is 3. The molecule has 0 unspecified atom stereocenters. The molecule has 1 saturated heterocycles. The minimum atomic E-state index is -3.69. The fourth-order valence-corrected chi connectivity index (χ4v) is 6.07. The van der Waals surface area contributed by atoms with Crippen LogP contribution in [0, 0.1) is 32.5 Å². The van der Waals surface area contributed by atoms with Gasteiger partial charge >= 0.3 is 0 Å². The van der Waals surface area contributed by atoms with Crippen LogP contribution in [0.1, 0.15) is 29.5 Å². The maximum atomic E-state index is 13.3. The van der Waals surface area contributed by atoms with Gasteiger partial charge in [0.25, 0.3) is 0 Å². The Morgan fingerprint density at radius 2 is 1.69 bits per heavy atom. The van der Waals surface area contributed by atoms with Crippen LogP contribution in [0.5, 0.6) is 0 Å². The Balaban J connectivity index is 1.83. The van der Waals surface area contributed by atoms with E-state index in [-0.39, 0.29) is 18.3 Å². The highest BCUT2D eigenvalue weighted by Crippen LogP contribution is 2.30. The summed E-state index contributed by atoms with van der Waals surface area (Å²) >= 11 is 0. The predicted molar refractivity (Wildman–Crippen MR) is 112 cm³/mol. The number of nitrogens with zero attached hydrogens (tertiary/aromatic N) is 2. The molecule has 3 rings (SSSR count). The monoisotopic (exact) mass is 418 g/mol. The maximum absolute atomic E-state index is 13.3. The summed E-state index contributed by atoms with van der Waals surface area (Å²) in [5.41, 5.74) is 3.05. The summed E-state index contributed by atoms with van der Waals surface area (Å²) in [4.78, 5) is 14.8. The molecule has 156 valence electrons. The molecule has 1 amide bonds. The van der Waals surface area contributed by atoms with Gasteiger partial charge in [0.15, 0.2) is 0 Å². The fourth-order valence-electron chi connectivity index (χ4n) is 4.13. The zero-order chi connectivity index (χ0) is 21.3. The van der Waals surface area contributed by atoms with Crippen molar-refractivity contribution < 1.29 is 17.6 Å². The van der Waals surface area contributed by atoms with Crippen molar-refractivity contribution in [1.82, 2.24) is 4.31 Å². The molecule has 0 saturated carbocycles. The molecule has 0 aromatic heterocycles. The number of hydrogen-bond donors (Lipinski definition) is 0. The van der Waals surface area contributed by atoms with Crippen LogP contribution in [0.4, 0.5) is 10.1 Å². The second-order valence-electron chi connectivity index (χ2n) is 7.80. The molecule has 5 nitrogen and oxygen atoms in total. The van der Waals surface area contributed by atoms with Crippen LogP contribution in [0.15, 0.2) is 41.3 Å². The second-order valence-corrected chi connectivity index (χ2v) is 9.68. The van der Waals surface area contributed by atoms with Crippen molar-refractivity contribution in [2.24, 2.45) is 5.92 Å². The van der Waals surface area contributed by atoms with Crippen LogP contribution >= 0.6 is 0 Å². The SMILES string of the molecule is Cc1cc(C)c(S(=O)(=O)N2CCC[C@@H](C(=O)N(C)c3ccc(F)cc3)C2)c(C)c1. The normalized spacial score (nSPS) is 17.9. The lowest BCUT2D eigenvalue weighted by Gasteiger charge is -2.34. The molecular formula is C22H27FN2O3S. The first kappa shape index (κ1) is 21.5. The molecule has 1 heterocycles. The van der Waals surface area contributed by atoms with Crippen molar-refractivity contribution in [3.63, 3.8) is 0 Å². The molecule has 0 radical (unpaired) electrons. The highest BCUT2D eigenvalue weighted by molar-refractivity contribution is 7.89. The number of hydrogen-bond acceptors (Lipinski definition) is 3. The van der Waals surface area contributed by atoms with Gasteiger partial charge in [-0.1, -0.05) is 17.7 Å². The van der Waals surface area contributed by atoms with E-state index < -0.39 is 15.9 Å². The van der Waals surface area contributed by atoms with Gasteiger partial charge in [-0.05, 0) is 69.0 Å². The van der Waals surface area contributed by atoms with Crippen LogP contribution in [-0.2, 0) is 14.8 Å². The lowest BCUT2D eigenvalue weighted by molar-refractivity contribution is -0.123. The van der Waals surface area contributed by atoms with E-state index in [9.17, 15) is 17.6 Å². The van der Waals surface area contributed by atoms with Crippen molar-refractivity contribution in [2.45, 2.75) is 38.5 Å². The van der Waals surface area contributed by atoms with Gasteiger partial charge in [-0.3, -0.25) is 4.79 Å². The quantitative estimate of drug-likeness (QED) is 0.759. The molecule has 7 heteroatoms. The number of carbonyl (C=O) groups excluding carboxylic acids is 1. The average Bonchev–Trinajstić information content (AvgIpc) is 2.66. The number of halogens is 1. The Morgan fingerprint density at radius 1 is 1.10 bits per heavy atom. The largest absolute Gasteiger partial charge is 0.315 e. The van der Waals surface area contributed by atoms with E-state index >= 15 is 0 Å². The summed E-state index contributed by atoms with van der Waals surface area (Å²) in [6.07, 6.45) is 1.25. The first-order chi connectivity index (χ1) is 13.6. The molecule has 0 spiro atoms. The lowest BCUT2D eigenvalue weighted by atomic mass is 9.98. The third-order valence-corrected chi connectivity index (χ3v) is 7.65. The standard InChI is InChI=1S/C22H27FN2O3S/c1-15-12-16(2)21(17(3)13-15)29(27,28)25-11-5-6-18(14-25)22(26)24(4)20-9-7-19(23)8-10-20/h7-10,12-13,18H,5-6,11,14H2,1-4H3/t18-/m1/s1. The number of piperidine rings is 1. The van der Waals surface area contributed by atoms with Crippen LogP contribution in [0.3, 0.4) is 0 Å². The smallest absolute Gasteiger partial charge is 0.243 e. The van der Waals surface area contributed by atoms with Crippen molar-refractivity contribution in [2.75, 3.05) is 25.0 Å². The van der Waals surface area contributed by atoms with Gasteiger partial charge in [0.1, 0.15) is 5.82 Å². The molecule has 29 heavy (non-hydrogen) atoms. The van der Waals surface area contributed by atoms with Crippen molar-refractivity contribution in [3.8, 4) is 0 Å². The van der Waals surface area contributed by atoms with E-state index in [1.165, 1.54) is 21.3 Å². The topological polar surface area (TPSA) is 57.7 Å². The first-order valence-electron chi connectivity index (χ1n) is 9.72. The molecule has 0 bridgehead atoms. The fraction of sp³-hybridized carbons (Fsp3) is 0.409. The number of carbonyl (C=O) groups is 1. The molecule has 1 aliphatic rings. The van der Waals surface area contributed by atoms with Gasteiger partial charge in [0, 0.05) is 25.8 Å². The van der Waals surface area contributed by atoms with Crippen LogP contribution in [0.25, 0.3) is 0 Å². The molecule has 1 aliphatic heterocycles. The van der Waals surface area contributed by atoms with Gasteiger partial charge in [0.2, 0.25) is 15.9 Å². The lowest BCUT2D eigenvalue weighted by Crippen LogP contribution is -2.46. The number of rotatable bonds is 4. The molecule has 1 fully saturated rings. The third kappa shape index (κ3) is 4.36. The molecule has 2 aromatic carbocycles. The third-order valence-electron chi connectivity index (χ3n) is 5.48. The van der Waals surface area contributed by atoms with Crippen molar-refractivity contribution >= 4 is 21.6 Å². The molecule has 0 aliphatic carbocycles. The number of sulfonamides is 1. The second kappa shape index (κ2) is 8.24. The molecular weight excluding hydrogens is 391 g/mol. The van der Waals surface area contributed by atoms with Crippen LogP contribution < -0.4 is 4.90 Å². The zero-order valence-electron chi connectivity index (χ0n) is 17.3. The summed E-state index contributed by atoms with van der Waals surface area (Å²) in [5.74, 6) is -0.957. The summed E-state index contributed by atoms with van der Waals surface area (Å²) in [6, 6.07) is 9.44. The summed E-state index contributed by atoms with van der Waals surface area (Å²) in [7, 11) is -2.05.